The molecule has 13 heavy (non-hydrogen) atoms. The summed E-state index contributed by atoms with van der Waals surface area (Å²) < 4.78 is 0. The van der Waals surface area contributed by atoms with Crippen molar-refractivity contribution in [2.45, 2.75) is 26.2 Å². The monoisotopic (exact) mass is 183 g/mol. The van der Waals surface area contributed by atoms with Crippen molar-refractivity contribution >= 4 is 5.96 Å². The van der Waals surface area contributed by atoms with Crippen LogP contribution in [0.5, 0.6) is 0 Å². The van der Waals surface area contributed by atoms with E-state index in [0.717, 1.165) is 19.6 Å². The Morgan fingerprint density at radius 3 is 2.92 bits per heavy atom. The minimum Gasteiger partial charge on any atom is -0.346 e. The first kappa shape index (κ1) is 10.4. The molecule has 1 aliphatic rings. The average molecular weight is 183 g/mol. The summed E-state index contributed by atoms with van der Waals surface area (Å²) in [5.41, 5.74) is 0. The largest absolute Gasteiger partial charge is 0.346 e. The van der Waals surface area contributed by atoms with Gasteiger partial charge in [0.25, 0.3) is 0 Å². The molecule has 0 amide bonds. The van der Waals surface area contributed by atoms with Crippen LogP contribution < -0.4 is 0 Å². The summed E-state index contributed by atoms with van der Waals surface area (Å²) >= 11 is 0. The Hall–Kier alpha value is -0.730. The first-order valence-electron chi connectivity index (χ1n) is 5.22. The predicted octanol–water partition coefficient (Wildman–Crippen LogP) is 1.41. The first-order valence-corrected chi connectivity index (χ1v) is 5.22. The molecular formula is C10H21N3. The molecule has 0 radical (unpaired) electrons. The normalized spacial score (nSPS) is 17.2. The third-order valence-corrected chi connectivity index (χ3v) is 2.43. The number of unbranched alkanes of at least 4 members (excludes halogenated alkanes) is 1. The van der Waals surface area contributed by atoms with E-state index in [4.69, 9.17) is 0 Å². The van der Waals surface area contributed by atoms with Crippen LogP contribution in [0.4, 0.5) is 0 Å². The minimum atomic E-state index is 0.996. The fourth-order valence-corrected chi connectivity index (χ4v) is 1.62. The first-order chi connectivity index (χ1) is 6.25. The zero-order valence-corrected chi connectivity index (χ0v) is 9.08. The zero-order valence-electron chi connectivity index (χ0n) is 9.08. The predicted molar refractivity (Wildman–Crippen MR) is 57.1 cm³/mol. The van der Waals surface area contributed by atoms with Crippen LogP contribution >= 0.6 is 0 Å². The lowest BCUT2D eigenvalue weighted by atomic mass is 10.3. The molecule has 1 rings (SSSR count). The zero-order chi connectivity index (χ0) is 9.68. The quantitative estimate of drug-likeness (QED) is 0.659. The van der Waals surface area contributed by atoms with Crippen molar-refractivity contribution in [2.24, 2.45) is 4.99 Å². The summed E-state index contributed by atoms with van der Waals surface area (Å²) in [5.74, 6) is 1.17. The highest BCUT2D eigenvalue weighted by molar-refractivity contribution is 5.80. The van der Waals surface area contributed by atoms with E-state index in [9.17, 15) is 0 Å². The second-order valence-corrected chi connectivity index (χ2v) is 3.73. The van der Waals surface area contributed by atoms with Crippen LogP contribution in [0.15, 0.2) is 4.99 Å². The lowest BCUT2D eigenvalue weighted by molar-refractivity contribution is 0.361. The Morgan fingerprint density at radius 2 is 2.31 bits per heavy atom. The third kappa shape index (κ3) is 2.90. The van der Waals surface area contributed by atoms with Gasteiger partial charge in [0, 0.05) is 33.7 Å². The van der Waals surface area contributed by atoms with Crippen molar-refractivity contribution in [1.29, 1.82) is 0 Å². The van der Waals surface area contributed by atoms with Crippen molar-refractivity contribution in [1.82, 2.24) is 9.80 Å². The van der Waals surface area contributed by atoms with E-state index in [-0.39, 0.29) is 0 Å². The molecule has 0 aliphatic carbocycles. The Kier molecular flexibility index (Phi) is 4.06. The second kappa shape index (κ2) is 5.10. The molecule has 3 nitrogen and oxygen atoms in total. The van der Waals surface area contributed by atoms with Crippen molar-refractivity contribution in [2.75, 3.05) is 33.7 Å². The number of rotatable bonds is 3. The summed E-state index contributed by atoms with van der Waals surface area (Å²) in [6, 6.07) is 0. The van der Waals surface area contributed by atoms with E-state index in [1.165, 1.54) is 25.2 Å². The van der Waals surface area contributed by atoms with Crippen molar-refractivity contribution in [3.8, 4) is 0 Å². The SMILES string of the molecule is CCCCN(C)C1=NCCCN1C. The maximum Gasteiger partial charge on any atom is 0.196 e. The standard InChI is InChI=1S/C10H21N3/c1-4-5-8-12(2)10-11-7-6-9-13(10)3/h4-9H2,1-3H3. The van der Waals surface area contributed by atoms with E-state index < -0.39 is 0 Å². The Morgan fingerprint density at radius 1 is 1.54 bits per heavy atom. The highest BCUT2D eigenvalue weighted by Gasteiger charge is 2.14. The van der Waals surface area contributed by atoms with Crippen molar-refractivity contribution in [3.05, 3.63) is 0 Å². The Labute approximate surface area is 81.4 Å². The smallest absolute Gasteiger partial charge is 0.196 e. The van der Waals surface area contributed by atoms with Crippen LogP contribution in [0.1, 0.15) is 26.2 Å². The number of nitrogens with zero attached hydrogens (tertiary/aromatic N) is 3. The molecule has 0 atom stereocenters. The van der Waals surface area contributed by atoms with Crippen LogP contribution in [0, 0.1) is 0 Å². The summed E-state index contributed by atoms with van der Waals surface area (Å²) in [4.78, 5) is 9.05. The van der Waals surface area contributed by atoms with Crippen LogP contribution in [0.25, 0.3) is 0 Å². The molecule has 0 spiro atoms. The molecule has 76 valence electrons. The van der Waals surface area contributed by atoms with E-state index in [0.29, 0.717) is 0 Å². The summed E-state index contributed by atoms with van der Waals surface area (Å²) in [6.07, 6.45) is 3.70. The number of guanidine groups is 1. The van der Waals surface area contributed by atoms with Gasteiger partial charge in [-0.1, -0.05) is 13.3 Å². The molecule has 0 fully saturated rings. The molecule has 0 bridgehead atoms. The highest BCUT2D eigenvalue weighted by atomic mass is 15.4. The van der Waals surface area contributed by atoms with Gasteiger partial charge in [-0.25, -0.2) is 0 Å². The van der Waals surface area contributed by atoms with E-state index in [2.05, 4.69) is 35.8 Å². The molecule has 1 aliphatic heterocycles. The van der Waals surface area contributed by atoms with Gasteiger partial charge in [0.1, 0.15) is 0 Å². The van der Waals surface area contributed by atoms with Crippen molar-refractivity contribution < 1.29 is 0 Å². The third-order valence-electron chi connectivity index (χ3n) is 2.43. The van der Waals surface area contributed by atoms with Gasteiger partial charge in [0.15, 0.2) is 5.96 Å². The molecule has 0 N–H and O–H groups in total. The average Bonchev–Trinajstić information content (AvgIpc) is 2.15. The fraction of sp³-hybridized carbons (Fsp3) is 0.900. The number of hydrogen-bond donors (Lipinski definition) is 0. The molecule has 0 aromatic carbocycles. The van der Waals surface area contributed by atoms with E-state index in [1.807, 2.05) is 0 Å². The molecule has 0 saturated heterocycles. The highest BCUT2D eigenvalue weighted by Crippen LogP contribution is 2.04. The van der Waals surface area contributed by atoms with Gasteiger partial charge in [-0.05, 0) is 12.8 Å². The van der Waals surface area contributed by atoms with Gasteiger partial charge in [-0.2, -0.15) is 0 Å². The van der Waals surface area contributed by atoms with Crippen LogP contribution in [0.2, 0.25) is 0 Å². The summed E-state index contributed by atoms with van der Waals surface area (Å²) in [5, 5.41) is 0. The second-order valence-electron chi connectivity index (χ2n) is 3.73. The van der Waals surface area contributed by atoms with Gasteiger partial charge in [-0.3, -0.25) is 4.99 Å². The molecule has 0 aromatic rings. The van der Waals surface area contributed by atoms with Crippen LogP contribution in [0.3, 0.4) is 0 Å². The Balaban J connectivity index is 2.43. The molecule has 0 saturated carbocycles. The van der Waals surface area contributed by atoms with Gasteiger partial charge in [0.2, 0.25) is 0 Å². The van der Waals surface area contributed by atoms with Crippen LogP contribution in [-0.2, 0) is 0 Å². The van der Waals surface area contributed by atoms with Gasteiger partial charge in [0.05, 0.1) is 0 Å². The fourth-order valence-electron chi connectivity index (χ4n) is 1.62. The molecule has 0 aromatic heterocycles. The summed E-state index contributed by atoms with van der Waals surface area (Å²) in [7, 11) is 4.26. The van der Waals surface area contributed by atoms with Gasteiger partial charge >= 0.3 is 0 Å². The molecular weight excluding hydrogens is 162 g/mol. The maximum atomic E-state index is 4.53. The topological polar surface area (TPSA) is 18.8 Å². The van der Waals surface area contributed by atoms with Crippen molar-refractivity contribution in [3.63, 3.8) is 0 Å². The van der Waals surface area contributed by atoms with Crippen LogP contribution in [-0.4, -0.2) is 49.5 Å². The Bertz CT molecular complexity index is 177. The molecule has 1 heterocycles. The van der Waals surface area contributed by atoms with E-state index >= 15 is 0 Å². The van der Waals surface area contributed by atoms with E-state index in [1.54, 1.807) is 0 Å². The molecule has 3 heteroatoms. The minimum absolute atomic E-state index is 0.996. The lowest BCUT2D eigenvalue weighted by Crippen LogP contribution is -2.43. The van der Waals surface area contributed by atoms with Gasteiger partial charge < -0.3 is 9.80 Å². The maximum absolute atomic E-state index is 4.53. The van der Waals surface area contributed by atoms with Gasteiger partial charge in [-0.15, -0.1) is 0 Å². The lowest BCUT2D eigenvalue weighted by Gasteiger charge is -2.31. The summed E-state index contributed by atoms with van der Waals surface area (Å²) in [6.45, 7) is 5.49. The molecule has 0 unspecified atom stereocenters. The number of aliphatic imine (C=N–C) groups is 1. The number of hydrogen-bond acceptors (Lipinski definition) is 3.